The van der Waals surface area contributed by atoms with Crippen LogP contribution in [0.5, 0.6) is 5.75 Å². The number of aryl methyl sites for hydroxylation is 2. The van der Waals surface area contributed by atoms with Crippen LogP contribution >= 0.6 is 0 Å². The average Bonchev–Trinajstić information content (AvgIpc) is 2.54. The van der Waals surface area contributed by atoms with E-state index in [0.717, 1.165) is 5.56 Å². The Morgan fingerprint density at radius 1 is 1.14 bits per heavy atom. The van der Waals surface area contributed by atoms with Crippen molar-refractivity contribution in [3.8, 4) is 5.75 Å². The first kappa shape index (κ1) is 16.2. The number of hydrogen-bond donors (Lipinski definition) is 1. The van der Waals surface area contributed by atoms with Crippen molar-refractivity contribution >= 4 is 5.78 Å². The summed E-state index contributed by atoms with van der Waals surface area (Å²) >= 11 is 0. The van der Waals surface area contributed by atoms with Crippen LogP contribution in [0.25, 0.3) is 0 Å². The van der Waals surface area contributed by atoms with Gasteiger partial charge in [-0.3, -0.25) is 4.79 Å². The maximum atomic E-state index is 11.9. The molecule has 22 heavy (non-hydrogen) atoms. The molecular weight excluding hydrogens is 276 g/mol. The topological polar surface area (TPSA) is 46.5 Å². The summed E-state index contributed by atoms with van der Waals surface area (Å²) in [5.74, 6) is 0.465. The molecule has 116 valence electrons. The average molecular weight is 298 g/mol. The Balaban J connectivity index is 2.02. The molecule has 0 aliphatic carbocycles. The van der Waals surface area contributed by atoms with E-state index in [0.29, 0.717) is 24.3 Å². The summed E-state index contributed by atoms with van der Waals surface area (Å²) in [7, 11) is 0. The van der Waals surface area contributed by atoms with Gasteiger partial charge in [-0.15, -0.1) is 0 Å². The number of ketones is 1. The van der Waals surface area contributed by atoms with Gasteiger partial charge in [-0.1, -0.05) is 30.7 Å². The molecule has 0 fully saturated rings. The Kier molecular flexibility index (Phi) is 5.34. The van der Waals surface area contributed by atoms with E-state index in [-0.39, 0.29) is 5.78 Å². The highest BCUT2D eigenvalue weighted by molar-refractivity contribution is 5.99. The highest BCUT2D eigenvalue weighted by atomic mass is 16.5. The molecule has 0 aliphatic rings. The molecule has 0 radical (unpaired) electrons. The van der Waals surface area contributed by atoms with Crippen molar-refractivity contribution in [2.45, 2.75) is 39.9 Å². The molecular formula is C19H22O3. The summed E-state index contributed by atoms with van der Waals surface area (Å²) < 4.78 is 5.78. The van der Waals surface area contributed by atoms with Crippen molar-refractivity contribution in [3.63, 3.8) is 0 Å². The fraction of sp³-hybridized carbons (Fsp3) is 0.316. The molecule has 0 spiro atoms. The Morgan fingerprint density at radius 3 is 2.45 bits per heavy atom. The third kappa shape index (κ3) is 3.95. The number of aliphatic hydroxyl groups is 1. The van der Waals surface area contributed by atoms with E-state index >= 15 is 0 Å². The maximum absolute atomic E-state index is 11.9. The predicted octanol–water partition coefficient (Wildman–Crippen LogP) is 3.84. The molecule has 1 atom stereocenters. The molecule has 2 aromatic rings. The van der Waals surface area contributed by atoms with Gasteiger partial charge in [-0.25, -0.2) is 0 Å². The van der Waals surface area contributed by atoms with Crippen molar-refractivity contribution in [1.82, 2.24) is 0 Å². The molecule has 1 unspecified atom stereocenters. The number of benzene rings is 2. The quantitative estimate of drug-likeness (QED) is 0.824. The lowest BCUT2D eigenvalue weighted by Crippen LogP contribution is -2.19. The minimum absolute atomic E-state index is 0.247. The molecule has 2 rings (SSSR count). The third-order valence-electron chi connectivity index (χ3n) is 3.73. The van der Waals surface area contributed by atoms with Crippen LogP contribution < -0.4 is 4.74 Å². The number of carbonyl (C=O) groups excluding carboxylic acids is 1. The summed E-state index contributed by atoms with van der Waals surface area (Å²) in [4.78, 5) is 11.9. The second-order valence-corrected chi connectivity index (χ2v) is 5.53. The molecule has 1 N–H and O–H groups in total. The van der Waals surface area contributed by atoms with Gasteiger partial charge < -0.3 is 9.84 Å². The van der Waals surface area contributed by atoms with Crippen molar-refractivity contribution in [3.05, 3.63) is 64.7 Å². The fourth-order valence-corrected chi connectivity index (χ4v) is 2.21. The Hall–Kier alpha value is -2.13. The number of ether oxygens (including phenoxy) is 1. The summed E-state index contributed by atoms with van der Waals surface area (Å²) in [5.41, 5.74) is 4.07. The number of Topliss-reactive ketones (excluding diaryl/α,β-unsaturated/α-hetero) is 1. The number of hydrogen-bond acceptors (Lipinski definition) is 3. The first-order chi connectivity index (χ1) is 10.5. The van der Waals surface area contributed by atoms with Gasteiger partial charge in [-0.05, 0) is 55.7 Å². The van der Waals surface area contributed by atoms with Gasteiger partial charge in [0, 0.05) is 5.56 Å². The second-order valence-electron chi connectivity index (χ2n) is 5.53. The van der Waals surface area contributed by atoms with E-state index in [2.05, 4.69) is 32.0 Å². The largest absolute Gasteiger partial charge is 0.489 e. The summed E-state index contributed by atoms with van der Waals surface area (Å²) in [5, 5.41) is 9.58. The van der Waals surface area contributed by atoms with Crippen LogP contribution in [0.1, 0.15) is 40.4 Å². The van der Waals surface area contributed by atoms with Crippen molar-refractivity contribution in [1.29, 1.82) is 0 Å². The smallest absolute Gasteiger partial charge is 0.191 e. The number of aliphatic hydroxyl groups excluding tert-OH is 1. The van der Waals surface area contributed by atoms with E-state index < -0.39 is 6.10 Å². The molecule has 0 saturated carbocycles. The predicted molar refractivity (Wildman–Crippen MR) is 87.3 cm³/mol. The minimum Gasteiger partial charge on any atom is -0.489 e. The minimum atomic E-state index is -0.929. The Bertz CT molecular complexity index is 644. The molecule has 3 heteroatoms. The molecule has 0 heterocycles. The molecule has 2 aromatic carbocycles. The zero-order valence-electron chi connectivity index (χ0n) is 13.3. The molecule has 0 bridgehead atoms. The summed E-state index contributed by atoms with van der Waals surface area (Å²) in [6.45, 7) is 6.40. The molecule has 0 saturated heterocycles. The Labute approximate surface area is 131 Å². The Morgan fingerprint density at radius 2 is 1.82 bits per heavy atom. The molecule has 0 amide bonds. The first-order valence-electron chi connectivity index (χ1n) is 7.52. The van der Waals surface area contributed by atoms with Crippen LogP contribution in [0.15, 0.2) is 42.5 Å². The molecule has 0 aliphatic heterocycles. The van der Waals surface area contributed by atoms with E-state index in [4.69, 9.17) is 4.74 Å². The fourth-order valence-electron chi connectivity index (χ4n) is 2.21. The van der Waals surface area contributed by atoms with Gasteiger partial charge in [0.25, 0.3) is 0 Å². The summed E-state index contributed by atoms with van der Waals surface area (Å²) in [6, 6.07) is 13.2. The van der Waals surface area contributed by atoms with Crippen LogP contribution in [-0.4, -0.2) is 17.0 Å². The lowest BCUT2D eigenvalue weighted by Gasteiger charge is -2.11. The standard InChI is InChI=1S/C19H22O3/c1-4-18(20)19(21)15-7-9-17(10-8-15)22-12-16-11-13(2)5-6-14(16)3/h5-11,18,20H,4,12H2,1-3H3. The van der Waals surface area contributed by atoms with E-state index in [1.807, 2.05) is 0 Å². The highest BCUT2D eigenvalue weighted by Crippen LogP contribution is 2.18. The van der Waals surface area contributed by atoms with Crippen molar-refractivity contribution < 1.29 is 14.6 Å². The van der Waals surface area contributed by atoms with Crippen molar-refractivity contribution in [2.75, 3.05) is 0 Å². The number of rotatable bonds is 6. The van der Waals surface area contributed by atoms with E-state index in [9.17, 15) is 9.90 Å². The van der Waals surface area contributed by atoms with Gasteiger partial charge >= 0.3 is 0 Å². The van der Waals surface area contributed by atoms with E-state index in [1.165, 1.54) is 11.1 Å². The lowest BCUT2D eigenvalue weighted by molar-refractivity contribution is 0.0740. The van der Waals surface area contributed by atoms with Crippen LogP contribution in [0, 0.1) is 13.8 Å². The maximum Gasteiger partial charge on any atom is 0.191 e. The molecule has 3 nitrogen and oxygen atoms in total. The van der Waals surface area contributed by atoms with Gasteiger partial charge in [-0.2, -0.15) is 0 Å². The van der Waals surface area contributed by atoms with Crippen molar-refractivity contribution in [2.24, 2.45) is 0 Å². The zero-order chi connectivity index (χ0) is 16.1. The zero-order valence-corrected chi connectivity index (χ0v) is 13.3. The molecule has 0 aromatic heterocycles. The highest BCUT2D eigenvalue weighted by Gasteiger charge is 2.14. The monoisotopic (exact) mass is 298 g/mol. The third-order valence-corrected chi connectivity index (χ3v) is 3.73. The van der Waals surface area contributed by atoms with Gasteiger partial charge in [0.15, 0.2) is 5.78 Å². The summed E-state index contributed by atoms with van der Waals surface area (Å²) in [6.07, 6.45) is -0.509. The van der Waals surface area contributed by atoms with Gasteiger partial charge in [0.2, 0.25) is 0 Å². The lowest BCUT2D eigenvalue weighted by atomic mass is 10.0. The van der Waals surface area contributed by atoms with Gasteiger partial charge in [0.05, 0.1) is 0 Å². The van der Waals surface area contributed by atoms with E-state index in [1.54, 1.807) is 31.2 Å². The number of carbonyl (C=O) groups is 1. The SMILES string of the molecule is CCC(O)C(=O)c1ccc(OCc2cc(C)ccc2C)cc1. The van der Waals surface area contributed by atoms with Crippen LogP contribution in [0.4, 0.5) is 0 Å². The van der Waals surface area contributed by atoms with Gasteiger partial charge in [0.1, 0.15) is 18.5 Å². The van der Waals surface area contributed by atoms with Crippen LogP contribution in [-0.2, 0) is 6.61 Å². The normalized spacial score (nSPS) is 12.0. The van der Waals surface area contributed by atoms with Crippen LogP contribution in [0.3, 0.4) is 0 Å². The van der Waals surface area contributed by atoms with Crippen LogP contribution in [0.2, 0.25) is 0 Å². The second kappa shape index (κ2) is 7.23. The first-order valence-corrected chi connectivity index (χ1v) is 7.52.